The molecule has 0 unspecified atom stereocenters. The van der Waals surface area contributed by atoms with Gasteiger partial charge in [-0.05, 0) is 23.3 Å². The minimum atomic E-state index is 0.383. The SMILES string of the molecule is COc1c(N)cccc1-c1ccc(OCc2ccccc2)nc1OCc1ccccc1. The van der Waals surface area contributed by atoms with Crippen molar-refractivity contribution in [3.05, 3.63) is 102 Å². The van der Waals surface area contributed by atoms with E-state index in [-0.39, 0.29) is 0 Å². The standard InChI is InChI=1S/C26H24N2O3/c1-29-25-21(13-8-14-23(25)27)22-15-16-24(30-17-19-9-4-2-5-10-19)28-26(22)31-18-20-11-6-3-7-12-20/h2-16H,17-18,27H2,1H3. The molecule has 0 saturated heterocycles. The van der Waals surface area contributed by atoms with Gasteiger partial charge in [0.05, 0.1) is 12.8 Å². The summed E-state index contributed by atoms with van der Waals surface area (Å²) < 4.78 is 17.6. The molecule has 0 bridgehead atoms. The Morgan fingerprint density at radius 1 is 0.677 bits per heavy atom. The molecule has 0 radical (unpaired) electrons. The number of benzene rings is 3. The summed E-state index contributed by atoms with van der Waals surface area (Å²) in [6, 6.07) is 29.3. The van der Waals surface area contributed by atoms with Crippen molar-refractivity contribution in [3.8, 4) is 28.6 Å². The summed E-state index contributed by atoms with van der Waals surface area (Å²) in [7, 11) is 1.60. The molecule has 0 aliphatic rings. The highest BCUT2D eigenvalue weighted by atomic mass is 16.5. The van der Waals surface area contributed by atoms with Crippen LogP contribution in [-0.4, -0.2) is 12.1 Å². The van der Waals surface area contributed by atoms with Crippen LogP contribution < -0.4 is 19.9 Å². The van der Waals surface area contributed by atoms with Crippen LogP contribution in [0.3, 0.4) is 0 Å². The molecule has 0 fully saturated rings. The van der Waals surface area contributed by atoms with Crippen LogP contribution in [0.15, 0.2) is 91.0 Å². The minimum Gasteiger partial charge on any atom is -0.494 e. The third-order valence-electron chi connectivity index (χ3n) is 4.82. The van der Waals surface area contributed by atoms with E-state index in [2.05, 4.69) is 4.98 Å². The number of nitrogen functional groups attached to an aromatic ring is 1. The monoisotopic (exact) mass is 412 g/mol. The van der Waals surface area contributed by atoms with Gasteiger partial charge in [0.15, 0.2) is 0 Å². The van der Waals surface area contributed by atoms with E-state index in [1.54, 1.807) is 13.2 Å². The minimum absolute atomic E-state index is 0.383. The lowest BCUT2D eigenvalue weighted by molar-refractivity contribution is 0.268. The zero-order valence-electron chi connectivity index (χ0n) is 17.3. The van der Waals surface area contributed by atoms with Crippen LogP contribution in [0.5, 0.6) is 17.5 Å². The Labute approximate surface area is 182 Å². The highest BCUT2D eigenvalue weighted by molar-refractivity contribution is 5.80. The molecule has 0 aliphatic carbocycles. The molecule has 4 aromatic rings. The van der Waals surface area contributed by atoms with Crippen LogP contribution in [-0.2, 0) is 13.2 Å². The molecule has 1 heterocycles. The van der Waals surface area contributed by atoms with Crippen molar-refractivity contribution in [3.63, 3.8) is 0 Å². The first kappa shape index (κ1) is 20.3. The van der Waals surface area contributed by atoms with Gasteiger partial charge in [-0.25, -0.2) is 0 Å². The molecule has 2 N–H and O–H groups in total. The second kappa shape index (κ2) is 9.67. The Balaban J connectivity index is 1.65. The van der Waals surface area contributed by atoms with Crippen LogP contribution in [0.25, 0.3) is 11.1 Å². The van der Waals surface area contributed by atoms with Gasteiger partial charge in [0.2, 0.25) is 11.8 Å². The Morgan fingerprint density at radius 3 is 1.97 bits per heavy atom. The Morgan fingerprint density at radius 2 is 1.32 bits per heavy atom. The first-order chi connectivity index (χ1) is 15.2. The number of anilines is 1. The highest BCUT2D eigenvalue weighted by Gasteiger charge is 2.16. The predicted molar refractivity (Wildman–Crippen MR) is 122 cm³/mol. The Bertz CT molecular complexity index is 1130. The second-order valence-corrected chi connectivity index (χ2v) is 6.98. The molecule has 0 amide bonds. The van der Waals surface area contributed by atoms with Crippen molar-refractivity contribution in [2.45, 2.75) is 13.2 Å². The highest BCUT2D eigenvalue weighted by Crippen LogP contribution is 2.39. The molecule has 156 valence electrons. The Kier molecular flexibility index (Phi) is 6.33. The van der Waals surface area contributed by atoms with Crippen molar-refractivity contribution in [2.75, 3.05) is 12.8 Å². The van der Waals surface area contributed by atoms with Crippen LogP contribution in [0, 0.1) is 0 Å². The van der Waals surface area contributed by atoms with E-state index in [0.717, 1.165) is 22.3 Å². The molecule has 3 aromatic carbocycles. The van der Waals surface area contributed by atoms with Gasteiger partial charge in [0, 0.05) is 17.2 Å². The number of methoxy groups -OCH3 is 1. The maximum atomic E-state index is 6.12. The third kappa shape index (κ3) is 4.95. The largest absolute Gasteiger partial charge is 0.494 e. The molecule has 5 nitrogen and oxygen atoms in total. The van der Waals surface area contributed by atoms with Crippen molar-refractivity contribution < 1.29 is 14.2 Å². The van der Waals surface area contributed by atoms with Crippen LogP contribution in [0.1, 0.15) is 11.1 Å². The lowest BCUT2D eigenvalue weighted by Gasteiger charge is -2.16. The number of nitrogens with zero attached hydrogens (tertiary/aromatic N) is 1. The number of pyridine rings is 1. The molecule has 1 aromatic heterocycles. The van der Waals surface area contributed by atoms with Crippen LogP contribution in [0.2, 0.25) is 0 Å². The van der Waals surface area contributed by atoms with Gasteiger partial charge in [-0.15, -0.1) is 0 Å². The molecule has 0 saturated carbocycles. The van der Waals surface area contributed by atoms with Gasteiger partial charge in [0.1, 0.15) is 19.0 Å². The van der Waals surface area contributed by atoms with Crippen molar-refractivity contribution >= 4 is 5.69 Å². The Hall–Kier alpha value is -3.99. The average molecular weight is 412 g/mol. The molecule has 0 spiro atoms. The zero-order valence-corrected chi connectivity index (χ0v) is 17.3. The predicted octanol–water partition coefficient (Wildman–Crippen LogP) is 5.50. The van der Waals surface area contributed by atoms with E-state index in [1.165, 1.54) is 0 Å². The van der Waals surface area contributed by atoms with Crippen LogP contribution >= 0.6 is 0 Å². The topological polar surface area (TPSA) is 66.6 Å². The molecule has 0 atom stereocenters. The molecule has 0 aliphatic heterocycles. The summed E-state index contributed by atoms with van der Waals surface area (Å²) in [4.78, 5) is 4.64. The quantitative estimate of drug-likeness (QED) is 0.387. The summed E-state index contributed by atoms with van der Waals surface area (Å²) >= 11 is 0. The van der Waals surface area contributed by atoms with Gasteiger partial charge in [-0.2, -0.15) is 4.98 Å². The number of para-hydroxylation sites is 1. The zero-order chi connectivity index (χ0) is 21.5. The first-order valence-corrected chi connectivity index (χ1v) is 10.0. The number of hydrogen-bond acceptors (Lipinski definition) is 5. The van der Waals surface area contributed by atoms with Gasteiger partial charge in [0.25, 0.3) is 0 Å². The van der Waals surface area contributed by atoms with E-state index in [0.29, 0.717) is 36.4 Å². The van der Waals surface area contributed by atoms with Gasteiger partial charge in [-0.3, -0.25) is 0 Å². The maximum Gasteiger partial charge on any atom is 0.225 e. The van der Waals surface area contributed by atoms with Gasteiger partial charge in [-0.1, -0.05) is 72.8 Å². The lowest BCUT2D eigenvalue weighted by Crippen LogP contribution is -2.03. The summed E-state index contributed by atoms with van der Waals surface area (Å²) in [5.41, 5.74) is 10.4. The average Bonchev–Trinajstić information content (AvgIpc) is 2.82. The fourth-order valence-electron chi connectivity index (χ4n) is 3.27. The van der Waals surface area contributed by atoms with Crippen molar-refractivity contribution in [1.29, 1.82) is 0 Å². The third-order valence-corrected chi connectivity index (χ3v) is 4.82. The number of nitrogens with two attached hydrogens (primary N) is 1. The number of aromatic nitrogens is 1. The van der Waals surface area contributed by atoms with Gasteiger partial charge < -0.3 is 19.9 Å². The van der Waals surface area contributed by atoms with E-state index >= 15 is 0 Å². The summed E-state index contributed by atoms with van der Waals surface area (Å²) in [5.74, 6) is 1.53. The van der Waals surface area contributed by atoms with Gasteiger partial charge >= 0.3 is 0 Å². The maximum absolute atomic E-state index is 6.12. The first-order valence-electron chi connectivity index (χ1n) is 10.0. The molecular formula is C26H24N2O3. The summed E-state index contributed by atoms with van der Waals surface area (Å²) in [6.45, 7) is 0.806. The number of ether oxygens (including phenoxy) is 3. The number of rotatable bonds is 8. The fourth-order valence-corrected chi connectivity index (χ4v) is 3.27. The lowest BCUT2D eigenvalue weighted by atomic mass is 10.0. The fraction of sp³-hybridized carbons (Fsp3) is 0.115. The summed E-state index contributed by atoms with van der Waals surface area (Å²) in [5, 5.41) is 0. The van der Waals surface area contributed by atoms with E-state index < -0.39 is 0 Å². The van der Waals surface area contributed by atoms with E-state index in [4.69, 9.17) is 19.9 Å². The van der Waals surface area contributed by atoms with Crippen molar-refractivity contribution in [2.24, 2.45) is 0 Å². The summed E-state index contributed by atoms with van der Waals surface area (Å²) in [6.07, 6.45) is 0. The second-order valence-electron chi connectivity index (χ2n) is 6.98. The van der Waals surface area contributed by atoms with E-state index in [1.807, 2.05) is 84.9 Å². The molecule has 5 heteroatoms. The van der Waals surface area contributed by atoms with E-state index in [9.17, 15) is 0 Å². The molecule has 4 rings (SSSR count). The normalized spacial score (nSPS) is 10.5. The van der Waals surface area contributed by atoms with Crippen molar-refractivity contribution in [1.82, 2.24) is 4.98 Å². The van der Waals surface area contributed by atoms with Crippen LogP contribution in [0.4, 0.5) is 5.69 Å². The molecule has 31 heavy (non-hydrogen) atoms. The number of hydrogen-bond donors (Lipinski definition) is 1. The smallest absolute Gasteiger partial charge is 0.225 e. The molecular weight excluding hydrogens is 388 g/mol.